The zero-order chi connectivity index (χ0) is 15.6. The molecule has 0 spiro atoms. The minimum Gasteiger partial charge on any atom is -0.349 e. The monoisotopic (exact) mass is 328 g/mol. The molecule has 1 fully saturated rings. The van der Waals surface area contributed by atoms with Gasteiger partial charge < -0.3 is 15.2 Å². The highest BCUT2D eigenvalue weighted by Gasteiger charge is 2.23. The van der Waals surface area contributed by atoms with E-state index in [9.17, 15) is 4.79 Å². The number of H-pyrrole nitrogens is 1. The van der Waals surface area contributed by atoms with Crippen LogP contribution in [0.15, 0.2) is 35.6 Å². The van der Waals surface area contributed by atoms with Crippen LogP contribution in [0.4, 0.5) is 5.69 Å². The molecule has 1 aliphatic heterocycles. The Kier molecular flexibility index (Phi) is 3.99. The summed E-state index contributed by atoms with van der Waals surface area (Å²) in [4.78, 5) is 22.9. The molecule has 120 valence electrons. The Labute approximate surface area is 139 Å². The summed E-state index contributed by atoms with van der Waals surface area (Å²) in [6.45, 7) is 0.898. The zero-order valence-corrected chi connectivity index (χ0v) is 13.7. The van der Waals surface area contributed by atoms with Crippen LogP contribution >= 0.6 is 11.8 Å². The van der Waals surface area contributed by atoms with Crippen LogP contribution in [0, 0.1) is 0 Å². The van der Waals surface area contributed by atoms with Crippen molar-refractivity contribution in [2.24, 2.45) is 0 Å². The Morgan fingerprint density at radius 3 is 3.09 bits per heavy atom. The number of rotatable bonds is 3. The van der Waals surface area contributed by atoms with Gasteiger partial charge in [0.15, 0.2) is 0 Å². The summed E-state index contributed by atoms with van der Waals surface area (Å²) < 4.78 is 0. The first-order valence-electron chi connectivity index (χ1n) is 8.15. The highest BCUT2D eigenvalue weighted by molar-refractivity contribution is 8.04. The van der Waals surface area contributed by atoms with Crippen molar-refractivity contribution in [1.82, 2.24) is 15.3 Å². The van der Waals surface area contributed by atoms with Gasteiger partial charge in [0.2, 0.25) is 0 Å². The van der Waals surface area contributed by atoms with Crippen molar-refractivity contribution >= 4 is 34.4 Å². The maximum atomic E-state index is 12.5. The minimum absolute atomic E-state index is 0.0750. The molecular weight excluding hydrogens is 308 g/mol. The molecule has 2 aliphatic rings. The molecule has 1 saturated carbocycles. The quantitative estimate of drug-likeness (QED) is 0.909. The fourth-order valence-corrected chi connectivity index (χ4v) is 4.23. The van der Waals surface area contributed by atoms with Gasteiger partial charge in [-0.1, -0.05) is 12.8 Å². The van der Waals surface area contributed by atoms with E-state index in [1.165, 1.54) is 12.8 Å². The number of amides is 1. The van der Waals surface area contributed by atoms with Gasteiger partial charge in [-0.25, -0.2) is 4.98 Å². The third-order valence-corrected chi connectivity index (χ3v) is 5.51. The predicted molar refractivity (Wildman–Crippen MR) is 94.4 cm³/mol. The summed E-state index contributed by atoms with van der Waals surface area (Å²) in [5, 5.41) is 4.27. The summed E-state index contributed by atoms with van der Waals surface area (Å²) in [7, 11) is 0. The van der Waals surface area contributed by atoms with Crippen LogP contribution in [-0.4, -0.2) is 34.2 Å². The smallest absolute Gasteiger partial charge is 0.259 e. The Morgan fingerprint density at radius 1 is 1.35 bits per heavy atom. The molecule has 0 radical (unpaired) electrons. The van der Waals surface area contributed by atoms with Crippen LogP contribution in [0.1, 0.15) is 25.7 Å². The molecule has 2 aromatic rings. The molecule has 0 atom stereocenters. The lowest BCUT2D eigenvalue weighted by Crippen LogP contribution is -2.35. The molecule has 2 N–H and O–H groups in total. The first-order chi connectivity index (χ1) is 11.3. The number of carbonyl (C=O) groups excluding carboxylic acids is 1. The number of hydrogen-bond acceptors (Lipinski definition) is 4. The average molecular weight is 328 g/mol. The van der Waals surface area contributed by atoms with Crippen LogP contribution < -0.4 is 10.2 Å². The Morgan fingerprint density at radius 2 is 2.22 bits per heavy atom. The van der Waals surface area contributed by atoms with Gasteiger partial charge in [-0.15, -0.1) is 11.8 Å². The van der Waals surface area contributed by atoms with Crippen LogP contribution in [0.5, 0.6) is 0 Å². The molecule has 5 nitrogen and oxygen atoms in total. The van der Waals surface area contributed by atoms with Gasteiger partial charge in [0, 0.05) is 42.3 Å². The van der Waals surface area contributed by atoms with Crippen molar-refractivity contribution in [3.8, 4) is 0 Å². The van der Waals surface area contributed by atoms with E-state index in [1.807, 2.05) is 30.7 Å². The Balaban J connectivity index is 1.57. The van der Waals surface area contributed by atoms with E-state index in [-0.39, 0.29) is 5.91 Å². The maximum Gasteiger partial charge on any atom is 0.259 e. The average Bonchev–Trinajstić information content (AvgIpc) is 3.25. The number of aromatic amines is 1. The Hall–Kier alpha value is -1.95. The number of thioether (sulfide) groups is 1. The van der Waals surface area contributed by atoms with Crippen LogP contribution in [0.2, 0.25) is 0 Å². The first kappa shape index (κ1) is 14.6. The summed E-state index contributed by atoms with van der Waals surface area (Å²) in [6, 6.07) is 4.40. The largest absolute Gasteiger partial charge is 0.349 e. The number of fused-ring (bicyclic) bond motifs is 1. The maximum absolute atomic E-state index is 12.5. The molecule has 2 aromatic heterocycles. The van der Waals surface area contributed by atoms with Gasteiger partial charge in [0.25, 0.3) is 5.91 Å². The van der Waals surface area contributed by atoms with Gasteiger partial charge >= 0.3 is 0 Å². The first-order valence-corrected chi connectivity index (χ1v) is 9.14. The summed E-state index contributed by atoms with van der Waals surface area (Å²) >= 11 is 1.64. The van der Waals surface area contributed by atoms with Gasteiger partial charge in [-0.2, -0.15) is 0 Å². The summed E-state index contributed by atoms with van der Waals surface area (Å²) in [5.74, 6) is 0.990. The molecule has 3 heterocycles. The van der Waals surface area contributed by atoms with E-state index in [1.54, 1.807) is 11.8 Å². The molecule has 4 rings (SSSR count). The lowest BCUT2D eigenvalue weighted by molar-refractivity contribution is -0.117. The SMILES string of the molecule is O=C(NC1CCCC1)C1=CN(c2ccnc3[nH]ccc23)CCS1. The second kappa shape index (κ2) is 6.28. The van der Waals surface area contributed by atoms with Gasteiger partial charge in [0.05, 0.1) is 10.6 Å². The number of hydrogen-bond donors (Lipinski definition) is 2. The van der Waals surface area contributed by atoms with Crippen LogP contribution in [0.25, 0.3) is 11.0 Å². The molecule has 1 amide bonds. The number of carbonyl (C=O) groups is 1. The number of nitrogens with one attached hydrogen (secondary N) is 2. The molecule has 23 heavy (non-hydrogen) atoms. The fraction of sp³-hybridized carbons (Fsp3) is 0.412. The van der Waals surface area contributed by atoms with E-state index in [0.717, 1.165) is 46.8 Å². The fourth-order valence-electron chi connectivity index (χ4n) is 3.33. The normalized spacial score (nSPS) is 19.1. The van der Waals surface area contributed by atoms with E-state index >= 15 is 0 Å². The highest BCUT2D eigenvalue weighted by Crippen LogP contribution is 2.30. The second-order valence-electron chi connectivity index (χ2n) is 6.06. The number of pyridine rings is 1. The van der Waals surface area contributed by atoms with E-state index in [2.05, 4.69) is 20.2 Å². The number of aromatic nitrogens is 2. The molecule has 0 aromatic carbocycles. The molecule has 0 unspecified atom stereocenters. The predicted octanol–water partition coefficient (Wildman–Crippen LogP) is 3.02. The van der Waals surface area contributed by atoms with Crippen molar-refractivity contribution in [1.29, 1.82) is 0 Å². The van der Waals surface area contributed by atoms with E-state index in [0.29, 0.717) is 6.04 Å². The van der Waals surface area contributed by atoms with Crippen LogP contribution in [-0.2, 0) is 4.79 Å². The van der Waals surface area contributed by atoms with Crippen molar-refractivity contribution in [2.75, 3.05) is 17.2 Å². The second-order valence-corrected chi connectivity index (χ2v) is 7.20. The summed E-state index contributed by atoms with van der Waals surface area (Å²) in [5.41, 5.74) is 1.98. The van der Waals surface area contributed by atoms with Crippen molar-refractivity contribution in [2.45, 2.75) is 31.7 Å². The third-order valence-electron chi connectivity index (χ3n) is 4.52. The van der Waals surface area contributed by atoms with Crippen LogP contribution in [0.3, 0.4) is 0 Å². The van der Waals surface area contributed by atoms with E-state index < -0.39 is 0 Å². The van der Waals surface area contributed by atoms with E-state index in [4.69, 9.17) is 0 Å². The lowest BCUT2D eigenvalue weighted by atomic mass is 10.2. The summed E-state index contributed by atoms with van der Waals surface area (Å²) in [6.07, 6.45) is 10.4. The molecule has 1 aliphatic carbocycles. The minimum atomic E-state index is 0.0750. The molecule has 6 heteroatoms. The third kappa shape index (κ3) is 2.95. The van der Waals surface area contributed by atoms with Crippen molar-refractivity contribution < 1.29 is 4.79 Å². The Bertz CT molecular complexity index is 748. The van der Waals surface area contributed by atoms with Gasteiger partial charge in [-0.3, -0.25) is 4.79 Å². The number of nitrogens with zero attached hydrogens (tertiary/aromatic N) is 2. The highest BCUT2D eigenvalue weighted by atomic mass is 32.2. The number of anilines is 1. The molecule has 0 bridgehead atoms. The lowest BCUT2D eigenvalue weighted by Gasteiger charge is -2.27. The molecular formula is C17H20N4OS. The van der Waals surface area contributed by atoms with Crippen molar-refractivity contribution in [3.63, 3.8) is 0 Å². The van der Waals surface area contributed by atoms with Gasteiger partial charge in [0.1, 0.15) is 5.65 Å². The van der Waals surface area contributed by atoms with Crippen molar-refractivity contribution in [3.05, 3.63) is 35.6 Å². The molecule has 0 saturated heterocycles. The standard InChI is InChI=1S/C17H20N4OS/c22-17(20-12-3-1-2-4-12)15-11-21(9-10-23-15)14-6-8-19-16-13(14)5-7-18-16/h5-8,11-12H,1-4,9-10H2,(H,18,19)(H,20,22). The topological polar surface area (TPSA) is 61.0 Å². The zero-order valence-electron chi connectivity index (χ0n) is 12.9. The van der Waals surface area contributed by atoms with Gasteiger partial charge in [-0.05, 0) is 25.0 Å².